The largest absolute Gasteiger partial charge is 0.358 e. The van der Waals surface area contributed by atoms with Crippen molar-refractivity contribution in [1.82, 2.24) is 9.97 Å². The van der Waals surface area contributed by atoms with Gasteiger partial charge in [-0.25, -0.2) is 0 Å². The highest BCUT2D eigenvalue weighted by Gasteiger charge is 2.37. The Morgan fingerprint density at radius 1 is 0.677 bits per heavy atom. The van der Waals surface area contributed by atoms with E-state index < -0.39 is 0 Å². The summed E-state index contributed by atoms with van der Waals surface area (Å²) in [6, 6.07) is 13.6. The van der Waals surface area contributed by atoms with E-state index in [1.54, 1.807) is 0 Å². The number of halogens is 3. The number of carbonyl (C=O) groups excluding carboxylic acids is 2. The maximum Gasteiger partial charge on any atom is 0.202 e. The van der Waals surface area contributed by atoms with Crippen LogP contribution in [0, 0.1) is 13.8 Å². The lowest BCUT2D eigenvalue weighted by molar-refractivity contribution is -0.113. The zero-order chi connectivity index (χ0) is 22.0. The molecule has 2 aromatic carbocycles. The predicted molar refractivity (Wildman–Crippen MR) is 135 cm³/mol. The number of para-hydroxylation sites is 1. The number of aromatic amines is 2. The first-order valence-electron chi connectivity index (χ1n) is 9.54. The Morgan fingerprint density at radius 2 is 1.19 bits per heavy atom. The fourth-order valence-corrected chi connectivity index (χ4v) is 5.83. The number of nitrogens with one attached hydrogen (secondary N) is 2. The highest BCUT2D eigenvalue weighted by Crippen LogP contribution is 2.45. The predicted octanol–water partition coefficient (Wildman–Crippen LogP) is 7.09. The minimum atomic E-state index is -0.227. The molecule has 154 valence electrons. The van der Waals surface area contributed by atoms with Gasteiger partial charge in [0.15, 0.2) is 0 Å². The standard InChI is InChI=1S/C24H15Br3N2O2/c1-10-17(13-5-3-4-6-15(13)28-10)19-21(26)24(31)20(22(27)23(19)30)18-11(2)29-16-8-7-12(25)9-14(16)18/h3-9,28-29H,1-2H3. The van der Waals surface area contributed by atoms with Crippen molar-refractivity contribution >= 4 is 92.3 Å². The van der Waals surface area contributed by atoms with E-state index in [2.05, 4.69) is 57.8 Å². The molecular weight excluding hydrogens is 588 g/mol. The number of hydrogen-bond acceptors (Lipinski definition) is 2. The number of ketones is 2. The summed E-state index contributed by atoms with van der Waals surface area (Å²) < 4.78 is 1.44. The molecule has 1 aliphatic rings. The van der Waals surface area contributed by atoms with Crippen LogP contribution < -0.4 is 0 Å². The average molecular weight is 603 g/mol. The first-order chi connectivity index (χ1) is 14.8. The molecule has 0 bridgehead atoms. The molecule has 4 nitrogen and oxygen atoms in total. The second-order valence-electron chi connectivity index (χ2n) is 7.52. The van der Waals surface area contributed by atoms with Gasteiger partial charge < -0.3 is 9.97 Å². The van der Waals surface area contributed by atoms with Crippen LogP contribution in [0.25, 0.3) is 33.0 Å². The molecular formula is C24H15Br3N2O2. The third-order valence-corrected chi connectivity index (χ3v) is 7.64. The van der Waals surface area contributed by atoms with Gasteiger partial charge in [-0.15, -0.1) is 0 Å². The van der Waals surface area contributed by atoms with Crippen LogP contribution in [0.4, 0.5) is 0 Å². The topological polar surface area (TPSA) is 65.7 Å². The summed E-state index contributed by atoms with van der Waals surface area (Å²) in [5, 5.41) is 1.79. The Bertz CT molecular complexity index is 1520. The number of fused-ring (bicyclic) bond motifs is 2. The van der Waals surface area contributed by atoms with Gasteiger partial charge in [0.1, 0.15) is 0 Å². The Hall–Kier alpha value is -2.22. The summed E-state index contributed by atoms with van der Waals surface area (Å²) >= 11 is 10.5. The van der Waals surface area contributed by atoms with Crippen LogP contribution in [0.1, 0.15) is 22.5 Å². The number of hydrogen-bond donors (Lipinski definition) is 2. The number of aryl methyl sites for hydroxylation is 2. The second-order valence-corrected chi connectivity index (χ2v) is 10.0. The molecule has 0 unspecified atom stereocenters. The van der Waals surface area contributed by atoms with Crippen molar-refractivity contribution < 1.29 is 9.59 Å². The molecule has 31 heavy (non-hydrogen) atoms. The van der Waals surface area contributed by atoms with E-state index in [9.17, 15) is 9.59 Å². The molecule has 0 atom stereocenters. The Morgan fingerprint density at radius 3 is 1.81 bits per heavy atom. The van der Waals surface area contributed by atoms with Crippen LogP contribution in [-0.2, 0) is 9.59 Å². The van der Waals surface area contributed by atoms with Crippen LogP contribution >= 0.6 is 47.8 Å². The lowest BCUT2D eigenvalue weighted by Gasteiger charge is -2.19. The van der Waals surface area contributed by atoms with Gasteiger partial charge in [-0.1, -0.05) is 34.1 Å². The Labute approximate surface area is 203 Å². The number of Topliss-reactive ketones (excluding diaryl/α,β-unsaturated/α-hetero) is 2. The fraction of sp³-hybridized carbons (Fsp3) is 0.0833. The fourth-order valence-electron chi connectivity index (χ4n) is 4.31. The SMILES string of the molecule is Cc1[nH]c2ccccc2c1C1=C(Br)C(=O)C(c2c(C)[nH]c3ccc(Br)cc23)=C(Br)C1=O. The highest BCUT2D eigenvalue weighted by atomic mass is 79.9. The summed E-state index contributed by atoms with van der Waals surface area (Å²) in [6.07, 6.45) is 0. The van der Waals surface area contributed by atoms with Gasteiger partial charge in [0.25, 0.3) is 0 Å². The number of allylic oxidation sites excluding steroid dienone is 4. The van der Waals surface area contributed by atoms with E-state index in [1.165, 1.54) is 0 Å². The van der Waals surface area contributed by atoms with Crippen molar-refractivity contribution in [2.75, 3.05) is 0 Å². The molecule has 0 fully saturated rings. The van der Waals surface area contributed by atoms with E-state index >= 15 is 0 Å². The van der Waals surface area contributed by atoms with Crippen molar-refractivity contribution in [3.05, 3.63) is 78.4 Å². The molecule has 0 aliphatic heterocycles. The zero-order valence-electron chi connectivity index (χ0n) is 16.5. The summed E-state index contributed by atoms with van der Waals surface area (Å²) in [7, 11) is 0. The molecule has 2 aromatic heterocycles. The molecule has 0 spiro atoms. The average Bonchev–Trinajstić information content (AvgIpc) is 3.23. The third kappa shape index (κ3) is 3.05. The Balaban J connectivity index is 1.76. The zero-order valence-corrected chi connectivity index (χ0v) is 21.2. The van der Waals surface area contributed by atoms with Crippen molar-refractivity contribution in [3.63, 3.8) is 0 Å². The maximum atomic E-state index is 13.6. The molecule has 2 heterocycles. The number of benzene rings is 2. The second kappa shape index (κ2) is 7.43. The molecule has 2 N–H and O–H groups in total. The molecule has 0 radical (unpaired) electrons. The summed E-state index contributed by atoms with van der Waals surface area (Å²) in [5.74, 6) is -0.451. The minimum Gasteiger partial charge on any atom is -0.358 e. The van der Waals surface area contributed by atoms with Crippen molar-refractivity contribution in [1.29, 1.82) is 0 Å². The van der Waals surface area contributed by atoms with E-state index in [-0.39, 0.29) is 20.5 Å². The van der Waals surface area contributed by atoms with Crippen molar-refractivity contribution in [2.24, 2.45) is 0 Å². The van der Waals surface area contributed by atoms with Crippen LogP contribution in [0.15, 0.2) is 55.9 Å². The van der Waals surface area contributed by atoms with Gasteiger partial charge in [-0.2, -0.15) is 0 Å². The monoisotopic (exact) mass is 600 g/mol. The van der Waals surface area contributed by atoms with E-state index in [0.29, 0.717) is 11.1 Å². The van der Waals surface area contributed by atoms with E-state index in [0.717, 1.165) is 48.8 Å². The lowest BCUT2D eigenvalue weighted by atomic mass is 9.87. The lowest BCUT2D eigenvalue weighted by Crippen LogP contribution is -2.19. The normalized spacial score (nSPS) is 15.1. The van der Waals surface area contributed by atoms with Crippen LogP contribution in [0.3, 0.4) is 0 Å². The molecule has 0 saturated heterocycles. The molecule has 0 amide bonds. The Kier molecular flexibility index (Phi) is 4.95. The smallest absolute Gasteiger partial charge is 0.202 e. The van der Waals surface area contributed by atoms with Crippen LogP contribution in [0.2, 0.25) is 0 Å². The van der Waals surface area contributed by atoms with Crippen molar-refractivity contribution in [2.45, 2.75) is 13.8 Å². The molecule has 5 rings (SSSR count). The van der Waals surface area contributed by atoms with Crippen LogP contribution in [-0.4, -0.2) is 21.5 Å². The van der Waals surface area contributed by atoms with Gasteiger partial charge in [0, 0.05) is 48.8 Å². The van der Waals surface area contributed by atoms with Gasteiger partial charge in [0.05, 0.1) is 20.1 Å². The van der Waals surface area contributed by atoms with Crippen molar-refractivity contribution in [3.8, 4) is 0 Å². The number of aromatic nitrogens is 2. The summed E-state index contributed by atoms with van der Waals surface area (Å²) in [5.41, 5.74) is 5.70. The number of H-pyrrole nitrogens is 2. The molecule has 7 heteroatoms. The minimum absolute atomic E-state index is 0.224. The maximum absolute atomic E-state index is 13.6. The number of carbonyl (C=O) groups is 2. The van der Waals surface area contributed by atoms with E-state index in [1.807, 2.05) is 56.3 Å². The summed E-state index contributed by atoms with van der Waals surface area (Å²) in [6.45, 7) is 3.82. The van der Waals surface area contributed by atoms with Gasteiger partial charge in [0.2, 0.25) is 11.6 Å². The molecule has 4 aromatic rings. The number of rotatable bonds is 2. The van der Waals surface area contributed by atoms with Gasteiger partial charge in [-0.05, 0) is 70.0 Å². The molecule has 0 saturated carbocycles. The van der Waals surface area contributed by atoms with Gasteiger partial charge in [-0.3, -0.25) is 9.59 Å². The third-order valence-electron chi connectivity index (χ3n) is 5.63. The molecule has 1 aliphatic carbocycles. The first kappa shape index (κ1) is 20.7. The quantitative estimate of drug-likeness (QED) is 0.241. The summed E-state index contributed by atoms with van der Waals surface area (Å²) in [4.78, 5) is 33.9. The van der Waals surface area contributed by atoms with E-state index in [4.69, 9.17) is 0 Å². The van der Waals surface area contributed by atoms with Gasteiger partial charge >= 0.3 is 0 Å². The first-order valence-corrected chi connectivity index (χ1v) is 11.9. The van der Waals surface area contributed by atoms with Crippen LogP contribution in [0.5, 0.6) is 0 Å². The highest BCUT2D eigenvalue weighted by molar-refractivity contribution is 9.12.